The van der Waals surface area contributed by atoms with Crippen molar-refractivity contribution in [2.75, 3.05) is 0 Å². The Hall–Kier alpha value is -0.370. The summed E-state index contributed by atoms with van der Waals surface area (Å²) < 4.78 is 0. The van der Waals surface area contributed by atoms with Crippen molar-refractivity contribution in [1.82, 2.24) is 0 Å². The third kappa shape index (κ3) is 2.34. The topological polar surface area (TPSA) is 37.3 Å². The highest BCUT2D eigenvalue weighted by Crippen LogP contribution is 1.99. The molecule has 0 aliphatic rings. The molecule has 7 heavy (non-hydrogen) atoms. The Balaban J connectivity index is 3.79. The maximum absolute atomic E-state index is 10.2. The van der Waals surface area contributed by atoms with E-state index in [4.69, 9.17) is 5.11 Å². The van der Waals surface area contributed by atoms with Crippen LogP contribution in [-0.2, 0) is 4.79 Å². The van der Waals surface area contributed by atoms with E-state index in [0.29, 0.717) is 0 Å². The van der Waals surface area contributed by atoms with Crippen LogP contribution in [0.5, 0.6) is 0 Å². The van der Waals surface area contributed by atoms with Gasteiger partial charge in [0.25, 0.3) is 0 Å². The minimum absolute atomic E-state index is 0.201. The summed E-state index contributed by atoms with van der Waals surface area (Å²) in [5.74, 6) is -0.201. The lowest BCUT2D eigenvalue weighted by atomic mass is 10.1. The molecule has 2 heteroatoms. The van der Waals surface area contributed by atoms with E-state index in [9.17, 15) is 4.79 Å². The second-order valence-corrected chi connectivity index (χ2v) is 2.12. The summed E-state index contributed by atoms with van der Waals surface area (Å²) in [6.45, 7) is 4.30. The van der Waals surface area contributed by atoms with Gasteiger partial charge in [-0.05, 0) is 20.8 Å². The van der Waals surface area contributed by atoms with Crippen molar-refractivity contribution in [3.8, 4) is 0 Å². The Bertz CT molecular complexity index is 78.6. The summed E-state index contributed by atoms with van der Waals surface area (Å²) in [4.78, 5) is 10.2. The summed E-state index contributed by atoms with van der Waals surface area (Å²) in [5, 5.41) is 8.75. The van der Waals surface area contributed by atoms with Crippen LogP contribution in [-0.4, -0.2) is 16.5 Å². The Morgan fingerprint density at radius 3 is 1.71 bits per heavy atom. The molecule has 0 spiro atoms. The van der Waals surface area contributed by atoms with E-state index in [0.717, 1.165) is 0 Å². The molecular formula is C5H10O2. The van der Waals surface area contributed by atoms with Gasteiger partial charge in [-0.3, -0.25) is 4.79 Å². The highest BCUT2D eigenvalue weighted by Gasteiger charge is 2.17. The Kier molecular flexibility index (Phi) is 1.53. The third-order valence-electron chi connectivity index (χ3n) is 0.862. The fourth-order valence-corrected chi connectivity index (χ4v) is 0. The van der Waals surface area contributed by atoms with Gasteiger partial charge in [-0.1, -0.05) is 0 Å². The number of carbonyl (C=O) groups is 1. The van der Waals surface area contributed by atoms with Gasteiger partial charge in [0.15, 0.2) is 5.78 Å². The van der Waals surface area contributed by atoms with Crippen LogP contribution >= 0.6 is 0 Å². The number of carbonyl (C=O) groups excluding carboxylic acids is 1. The van der Waals surface area contributed by atoms with Crippen LogP contribution in [0.1, 0.15) is 20.8 Å². The summed E-state index contributed by atoms with van der Waals surface area (Å²) in [7, 11) is 0. The molecule has 0 aliphatic carbocycles. The molecule has 0 fully saturated rings. The third-order valence-corrected chi connectivity index (χ3v) is 0.862. The molecule has 1 N–H and O–H groups in total. The molecule has 0 aromatic carbocycles. The van der Waals surface area contributed by atoms with Crippen molar-refractivity contribution in [2.24, 2.45) is 0 Å². The van der Waals surface area contributed by atoms with Crippen LogP contribution in [0.25, 0.3) is 0 Å². The van der Waals surface area contributed by atoms with Gasteiger partial charge in [-0.15, -0.1) is 0 Å². The molecule has 0 unspecified atom stereocenters. The number of hydrogen-bond acceptors (Lipinski definition) is 2. The average Bonchev–Trinajstić information content (AvgIpc) is 1.31. The second-order valence-electron chi connectivity index (χ2n) is 2.12. The van der Waals surface area contributed by atoms with Crippen molar-refractivity contribution in [3.63, 3.8) is 0 Å². The van der Waals surface area contributed by atoms with Gasteiger partial charge >= 0.3 is 0 Å². The minimum Gasteiger partial charge on any atom is -0.383 e. The van der Waals surface area contributed by atoms with Gasteiger partial charge in [0.1, 0.15) is 5.60 Å². The van der Waals surface area contributed by atoms with E-state index >= 15 is 0 Å². The lowest BCUT2D eigenvalue weighted by Gasteiger charge is -2.10. The van der Waals surface area contributed by atoms with Gasteiger partial charge in [-0.2, -0.15) is 0 Å². The van der Waals surface area contributed by atoms with Crippen molar-refractivity contribution in [3.05, 3.63) is 0 Å². The van der Waals surface area contributed by atoms with E-state index in [2.05, 4.69) is 0 Å². The summed E-state index contributed by atoms with van der Waals surface area (Å²) in [6.07, 6.45) is 0. The molecule has 0 atom stereocenters. The fraction of sp³-hybridized carbons (Fsp3) is 0.800. The lowest BCUT2D eigenvalue weighted by Crippen LogP contribution is -2.27. The van der Waals surface area contributed by atoms with Gasteiger partial charge in [0.2, 0.25) is 0 Å². The second kappa shape index (κ2) is 1.62. The molecule has 0 heterocycles. The molecule has 42 valence electrons. The van der Waals surface area contributed by atoms with E-state index in [-0.39, 0.29) is 5.78 Å². The summed E-state index contributed by atoms with van der Waals surface area (Å²) >= 11 is 0. The van der Waals surface area contributed by atoms with Crippen LogP contribution in [0.3, 0.4) is 0 Å². The van der Waals surface area contributed by atoms with Crippen molar-refractivity contribution in [2.45, 2.75) is 26.4 Å². The number of ketones is 1. The zero-order valence-electron chi connectivity index (χ0n) is 4.86. The average molecular weight is 102 g/mol. The molecular weight excluding hydrogens is 92.1 g/mol. The first-order valence-electron chi connectivity index (χ1n) is 2.18. The van der Waals surface area contributed by atoms with Crippen molar-refractivity contribution < 1.29 is 9.90 Å². The number of hydrogen-bond donors (Lipinski definition) is 1. The predicted molar refractivity (Wildman–Crippen MR) is 27.0 cm³/mol. The summed E-state index contributed by atoms with van der Waals surface area (Å²) in [5.41, 5.74) is -1.14. The molecule has 0 bridgehead atoms. The minimum atomic E-state index is -1.14. The number of Topliss-reactive ketones (excluding diaryl/α,β-unsaturated/α-hetero) is 1. The molecule has 0 amide bonds. The van der Waals surface area contributed by atoms with Gasteiger partial charge in [0.05, 0.1) is 0 Å². The predicted octanol–water partition coefficient (Wildman–Crippen LogP) is 0.346. The number of rotatable bonds is 1. The molecule has 0 aliphatic heterocycles. The molecule has 0 aromatic rings. The van der Waals surface area contributed by atoms with Gasteiger partial charge in [0, 0.05) is 0 Å². The van der Waals surface area contributed by atoms with Crippen LogP contribution in [0, 0.1) is 0 Å². The molecule has 0 saturated heterocycles. The van der Waals surface area contributed by atoms with Crippen LogP contribution < -0.4 is 0 Å². The van der Waals surface area contributed by atoms with E-state index in [1.165, 1.54) is 20.8 Å². The quantitative estimate of drug-likeness (QED) is 0.518. The first kappa shape index (κ1) is 6.63. The summed E-state index contributed by atoms with van der Waals surface area (Å²) in [6, 6.07) is 0. The Morgan fingerprint density at radius 2 is 1.71 bits per heavy atom. The standard InChI is InChI=1S/C5H10O2/c1-4(6)5(2,3)7/h7H,1-3H3. The van der Waals surface area contributed by atoms with Crippen molar-refractivity contribution in [1.29, 1.82) is 0 Å². The molecule has 2 nitrogen and oxygen atoms in total. The number of aliphatic hydroxyl groups is 1. The zero-order valence-corrected chi connectivity index (χ0v) is 4.86. The Morgan fingerprint density at radius 1 is 1.57 bits per heavy atom. The van der Waals surface area contributed by atoms with Gasteiger partial charge in [-0.25, -0.2) is 0 Å². The van der Waals surface area contributed by atoms with Crippen LogP contribution in [0.15, 0.2) is 0 Å². The first-order valence-corrected chi connectivity index (χ1v) is 2.18. The largest absolute Gasteiger partial charge is 0.383 e. The smallest absolute Gasteiger partial charge is 0.160 e. The SMILES string of the molecule is CC(=O)C(C)(C)O. The fourth-order valence-electron chi connectivity index (χ4n) is 0. The normalized spacial score (nSPS) is 11.4. The molecule has 0 aromatic heterocycles. The van der Waals surface area contributed by atoms with E-state index in [1.807, 2.05) is 0 Å². The van der Waals surface area contributed by atoms with E-state index < -0.39 is 5.60 Å². The molecule has 0 radical (unpaired) electrons. The van der Waals surface area contributed by atoms with Crippen LogP contribution in [0.2, 0.25) is 0 Å². The zero-order chi connectivity index (χ0) is 6.08. The van der Waals surface area contributed by atoms with E-state index in [1.54, 1.807) is 0 Å². The Labute approximate surface area is 43.2 Å². The molecule has 0 saturated carbocycles. The molecule has 0 rings (SSSR count). The maximum atomic E-state index is 10.2. The van der Waals surface area contributed by atoms with Gasteiger partial charge < -0.3 is 5.11 Å². The lowest BCUT2D eigenvalue weighted by molar-refractivity contribution is -0.131. The highest BCUT2D eigenvalue weighted by molar-refractivity contribution is 5.83. The maximum Gasteiger partial charge on any atom is 0.160 e. The monoisotopic (exact) mass is 102 g/mol. The first-order chi connectivity index (χ1) is 2.94. The van der Waals surface area contributed by atoms with Crippen LogP contribution in [0.4, 0.5) is 0 Å². The highest BCUT2D eigenvalue weighted by atomic mass is 16.3. The van der Waals surface area contributed by atoms with Crippen molar-refractivity contribution >= 4 is 5.78 Å².